The monoisotopic (exact) mass is 219 g/mol. The van der Waals surface area contributed by atoms with Crippen LogP contribution in [-0.4, -0.2) is 15.9 Å². The van der Waals surface area contributed by atoms with E-state index in [0.717, 1.165) is 10.6 Å². The lowest BCUT2D eigenvalue weighted by Crippen LogP contribution is -2.07. The van der Waals surface area contributed by atoms with E-state index in [9.17, 15) is 4.79 Å². The molecule has 2 heterocycles. The van der Waals surface area contributed by atoms with Crippen molar-refractivity contribution in [1.29, 1.82) is 0 Å². The standard InChI is InChI=1S/C10H9N3OS/c1-7(14)12-10-6-11-5-8(13-10)9-3-2-4-15-9/h2-6H,1H3,(H,12,13,14). The Balaban J connectivity index is 2.31. The highest BCUT2D eigenvalue weighted by molar-refractivity contribution is 7.13. The van der Waals surface area contributed by atoms with Gasteiger partial charge >= 0.3 is 0 Å². The van der Waals surface area contributed by atoms with Crippen LogP contribution in [0.25, 0.3) is 10.6 Å². The van der Waals surface area contributed by atoms with E-state index < -0.39 is 0 Å². The molecule has 0 spiro atoms. The van der Waals surface area contributed by atoms with Crippen molar-refractivity contribution in [3.63, 3.8) is 0 Å². The number of hydrogen-bond donors (Lipinski definition) is 1. The zero-order valence-corrected chi connectivity index (χ0v) is 8.91. The molecule has 2 aromatic heterocycles. The second-order valence-corrected chi connectivity index (χ2v) is 3.90. The van der Waals surface area contributed by atoms with Gasteiger partial charge in [0, 0.05) is 6.92 Å². The summed E-state index contributed by atoms with van der Waals surface area (Å²) in [6.45, 7) is 1.44. The van der Waals surface area contributed by atoms with Crippen LogP contribution in [0.5, 0.6) is 0 Å². The summed E-state index contributed by atoms with van der Waals surface area (Å²) in [5.74, 6) is 0.334. The molecule has 4 nitrogen and oxygen atoms in total. The minimum Gasteiger partial charge on any atom is -0.310 e. The lowest BCUT2D eigenvalue weighted by atomic mass is 10.3. The van der Waals surface area contributed by atoms with Crippen molar-refractivity contribution in [2.45, 2.75) is 6.92 Å². The summed E-state index contributed by atoms with van der Waals surface area (Å²) in [4.78, 5) is 20.2. The van der Waals surface area contributed by atoms with Crippen LogP contribution in [0.4, 0.5) is 5.82 Å². The third-order valence-electron chi connectivity index (χ3n) is 1.71. The molecule has 0 saturated heterocycles. The highest BCUT2D eigenvalue weighted by atomic mass is 32.1. The van der Waals surface area contributed by atoms with Gasteiger partial charge in [0.25, 0.3) is 0 Å². The molecule has 15 heavy (non-hydrogen) atoms. The predicted octanol–water partition coefficient (Wildman–Crippen LogP) is 2.16. The Morgan fingerprint density at radius 3 is 3.00 bits per heavy atom. The van der Waals surface area contributed by atoms with E-state index in [4.69, 9.17) is 0 Å². The Morgan fingerprint density at radius 2 is 2.33 bits per heavy atom. The molecule has 1 amide bonds. The first-order valence-corrected chi connectivity index (χ1v) is 5.27. The first-order chi connectivity index (χ1) is 7.25. The van der Waals surface area contributed by atoms with E-state index >= 15 is 0 Å². The molecule has 0 radical (unpaired) electrons. The fourth-order valence-corrected chi connectivity index (χ4v) is 1.83. The van der Waals surface area contributed by atoms with E-state index in [1.807, 2.05) is 17.5 Å². The van der Waals surface area contributed by atoms with Crippen molar-refractivity contribution >= 4 is 23.1 Å². The number of aromatic nitrogens is 2. The largest absolute Gasteiger partial charge is 0.310 e. The van der Waals surface area contributed by atoms with Gasteiger partial charge in [-0.2, -0.15) is 0 Å². The summed E-state index contributed by atoms with van der Waals surface area (Å²) in [5, 5.41) is 4.57. The number of carbonyl (C=O) groups excluding carboxylic acids is 1. The number of hydrogen-bond acceptors (Lipinski definition) is 4. The quantitative estimate of drug-likeness (QED) is 0.842. The average molecular weight is 219 g/mol. The van der Waals surface area contributed by atoms with Crippen LogP contribution in [0.1, 0.15) is 6.92 Å². The van der Waals surface area contributed by atoms with Gasteiger partial charge < -0.3 is 5.32 Å². The molecule has 2 rings (SSSR count). The van der Waals surface area contributed by atoms with Crippen molar-refractivity contribution < 1.29 is 4.79 Å². The number of anilines is 1. The molecule has 0 unspecified atom stereocenters. The van der Waals surface area contributed by atoms with Crippen molar-refractivity contribution in [2.24, 2.45) is 0 Å². The van der Waals surface area contributed by atoms with Crippen LogP contribution < -0.4 is 5.32 Å². The van der Waals surface area contributed by atoms with Gasteiger partial charge in [-0.1, -0.05) is 6.07 Å². The molecule has 0 bridgehead atoms. The van der Waals surface area contributed by atoms with Crippen LogP contribution in [0.3, 0.4) is 0 Å². The maximum absolute atomic E-state index is 10.8. The number of nitrogens with one attached hydrogen (secondary N) is 1. The maximum Gasteiger partial charge on any atom is 0.222 e. The summed E-state index contributed by atoms with van der Waals surface area (Å²) in [6, 6.07) is 3.92. The Kier molecular flexibility index (Phi) is 2.73. The van der Waals surface area contributed by atoms with Gasteiger partial charge in [0.1, 0.15) is 5.69 Å². The number of thiophene rings is 1. The summed E-state index contributed by atoms with van der Waals surface area (Å²) in [5.41, 5.74) is 0.774. The molecular formula is C10H9N3OS. The van der Waals surface area contributed by atoms with Crippen LogP contribution >= 0.6 is 11.3 Å². The Hall–Kier alpha value is -1.75. The topological polar surface area (TPSA) is 54.9 Å². The highest BCUT2D eigenvalue weighted by Crippen LogP contribution is 2.22. The van der Waals surface area contributed by atoms with E-state index in [0.29, 0.717) is 5.82 Å². The second kappa shape index (κ2) is 4.18. The first-order valence-electron chi connectivity index (χ1n) is 4.39. The van der Waals surface area contributed by atoms with Gasteiger partial charge in [-0.25, -0.2) is 4.98 Å². The SMILES string of the molecule is CC(=O)Nc1cncc(-c2cccs2)n1. The van der Waals surface area contributed by atoms with Crippen molar-refractivity contribution in [1.82, 2.24) is 9.97 Å². The van der Waals surface area contributed by atoms with Gasteiger partial charge in [0.15, 0.2) is 5.82 Å². The molecule has 1 N–H and O–H groups in total. The minimum atomic E-state index is -0.146. The van der Waals surface area contributed by atoms with E-state index in [1.165, 1.54) is 13.1 Å². The third kappa shape index (κ3) is 2.38. The molecule has 2 aromatic rings. The summed E-state index contributed by atoms with van der Waals surface area (Å²) < 4.78 is 0. The summed E-state index contributed by atoms with van der Waals surface area (Å²) >= 11 is 1.59. The first kappa shape index (κ1) is 9.79. The lowest BCUT2D eigenvalue weighted by Gasteiger charge is -2.01. The Labute approximate surface area is 91.0 Å². The molecule has 0 aromatic carbocycles. The van der Waals surface area contributed by atoms with Gasteiger partial charge in [-0.05, 0) is 11.4 Å². The fraction of sp³-hybridized carbons (Fsp3) is 0.100. The zero-order valence-electron chi connectivity index (χ0n) is 8.10. The van der Waals surface area contributed by atoms with Crippen LogP contribution in [0, 0.1) is 0 Å². The number of rotatable bonds is 2. The Morgan fingerprint density at radius 1 is 1.47 bits per heavy atom. The summed E-state index contributed by atoms with van der Waals surface area (Å²) in [6.07, 6.45) is 3.20. The van der Waals surface area contributed by atoms with E-state index in [1.54, 1.807) is 17.5 Å². The predicted molar refractivity (Wildman–Crippen MR) is 59.6 cm³/mol. The van der Waals surface area contributed by atoms with E-state index in [-0.39, 0.29) is 5.91 Å². The zero-order chi connectivity index (χ0) is 10.7. The lowest BCUT2D eigenvalue weighted by molar-refractivity contribution is -0.114. The highest BCUT2D eigenvalue weighted by Gasteiger charge is 2.03. The van der Waals surface area contributed by atoms with Gasteiger partial charge in [-0.15, -0.1) is 11.3 Å². The van der Waals surface area contributed by atoms with Crippen molar-refractivity contribution in [3.05, 3.63) is 29.9 Å². The molecule has 5 heteroatoms. The van der Waals surface area contributed by atoms with Gasteiger partial charge in [-0.3, -0.25) is 9.78 Å². The minimum absolute atomic E-state index is 0.146. The second-order valence-electron chi connectivity index (χ2n) is 2.95. The van der Waals surface area contributed by atoms with Crippen LogP contribution in [-0.2, 0) is 4.79 Å². The van der Waals surface area contributed by atoms with Gasteiger partial charge in [0.05, 0.1) is 17.3 Å². The molecule has 0 aliphatic heterocycles. The van der Waals surface area contributed by atoms with Crippen molar-refractivity contribution in [3.8, 4) is 10.6 Å². The number of nitrogens with zero attached hydrogens (tertiary/aromatic N) is 2. The van der Waals surface area contributed by atoms with Crippen molar-refractivity contribution in [2.75, 3.05) is 5.32 Å². The van der Waals surface area contributed by atoms with E-state index in [2.05, 4.69) is 15.3 Å². The molecule has 0 fully saturated rings. The molecule has 0 saturated carbocycles. The fourth-order valence-electron chi connectivity index (χ4n) is 1.15. The maximum atomic E-state index is 10.8. The average Bonchev–Trinajstić information content (AvgIpc) is 2.69. The number of amides is 1. The molecule has 0 atom stereocenters. The smallest absolute Gasteiger partial charge is 0.222 e. The third-order valence-corrected chi connectivity index (χ3v) is 2.60. The number of carbonyl (C=O) groups is 1. The molecular weight excluding hydrogens is 210 g/mol. The normalized spacial score (nSPS) is 9.93. The summed E-state index contributed by atoms with van der Waals surface area (Å²) in [7, 11) is 0. The Bertz CT molecular complexity index is 467. The molecule has 76 valence electrons. The molecule has 0 aliphatic rings. The molecule has 0 aliphatic carbocycles. The van der Waals surface area contributed by atoms with Crippen LogP contribution in [0.15, 0.2) is 29.9 Å². The van der Waals surface area contributed by atoms with Crippen LogP contribution in [0.2, 0.25) is 0 Å². The van der Waals surface area contributed by atoms with Gasteiger partial charge in [0.2, 0.25) is 5.91 Å².